The third kappa shape index (κ3) is 3.10. The van der Waals surface area contributed by atoms with Crippen molar-refractivity contribution in [3.63, 3.8) is 0 Å². The average Bonchev–Trinajstić information content (AvgIpc) is 2.20. The Balaban J connectivity index is 2.76. The third-order valence-corrected chi connectivity index (χ3v) is 1.68. The summed E-state index contributed by atoms with van der Waals surface area (Å²) in [5, 5.41) is 8.55. The van der Waals surface area contributed by atoms with Crippen molar-refractivity contribution in [2.24, 2.45) is 5.73 Å². The van der Waals surface area contributed by atoms with E-state index in [1.165, 1.54) is 12.1 Å². The maximum absolute atomic E-state index is 10.8. The lowest BCUT2D eigenvalue weighted by atomic mass is 10.3. The first-order valence-electron chi connectivity index (χ1n) is 4.45. The maximum atomic E-state index is 10.8. The Labute approximate surface area is 86.9 Å². The number of pyridine rings is 1. The first-order valence-corrected chi connectivity index (χ1v) is 4.45. The molecular formula is C9H13N3O3. The summed E-state index contributed by atoms with van der Waals surface area (Å²) in [6, 6.07) is 2.93. The van der Waals surface area contributed by atoms with Gasteiger partial charge in [-0.05, 0) is 12.1 Å². The molecule has 1 aromatic heterocycles. The van der Waals surface area contributed by atoms with E-state index in [2.05, 4.69) is 4.98 Å². The fourth-order valence-electron chi connectivity index (χ4n) is 0.937. The van der Waals surface area contributed by atoms with Gasteiger partial charge in [-0.2, -0.15) is 0 Å². The summed E-state index contributed by atoms with van der Waals surface area (Å²) in [5.41, 5.74) is 11.1. The number of carbonyl (C=O) groups excluding carboxylic acids is 1. The molecule has 0 fully saturated rings. The lowest BCUT2D eigenvalue weighted by molar-refractivity contribution is 0.0994. The quantitative estimate of drug-likeness (QED) is 0.570. The van der Waals surface area contributed by atoms with Crippen molar-refractivity contribution in [2.45, 2.75) is 6.42 Å². The highest BCUT2D eigenvalue weighted by atomic mass is 16.5. The van der Waals surface area contributed by atoms with Crippen LogP contribution in [0, 0.1) is 0 Å². The van der Waals surface area contributed by atoms with Crippen LogP contribution < -0.4 is 16.2 Å². The Morgan fingerprint density at radius 3 is 2.87 bits per heavy atom. The SMILES string of the molecule is NC(=O)c1ccc(N)c(OCCCO)n1. The number of nitrogens with two attached hydrogens (primary N) is 2. The van der Waals surface area contributed by atoms with Crippen molar-refractivity contribution in [2.75, 3.05) is 18.9 Å². The van der Waals surface area contributed by atoms with Crippen LogP contribution in [-0.2, 0) is 0 Å². The van der Waals surface area contributed by atoms with Gasteiger partial charge in [0, 0.05) is 13.0 Å². The largest absolute Gasteiger partial charge is 0.476 e. The molecule has 0 aromatic carbocycles. The van der Waals surface area contributed by atoms with Crippen LogP contribution in [-0.4, -0.2) is 29.2 Å². The summed E-state index contributed by atoms with van der Waals surface area (Å²) in [5.74, 6) is -0.471. The van der Waals surface area contributed by atoms with Crippen LogP contribution in [0.5, 0.6) is 5.88 Å². The van der Waals surface area contributed by atoms with Crippen LogP contribution in [0.15, 0.2) is 12.1 Å². The summed E-state index contributed by atoms with van der Waals surface area (Å²) in [6.07, 6.45) is 0.474. The van der Waals surface area contributed by atoms with Crippen LogP contribution in [0.25, 0.3) is 0 Å². The zero-order valence-electron chi connectivity index (χ0n) is 8.14. The van der Waals surface area contributed by atoms with E-state index in [1.54, 1.807) is 0 Å². The number of aromatic nitrogens is 1. The number of hydrogen-bond donors (Lipinski definition) is 3. The Morgan fingerprint density at radius 2 is 2.27 bits per heavy atom. The summed E-state index contributed by atoms with van der Waals surface area (Å²) in [4.78, 5) is 14.7. The predicted molar refractivity (Wildman–Crippen MR) is 54.4 cm³/mol. The molecule has 6 heteroatoms. The molecule has 1 rings (SSSR count). The van der Waals surface area contributed by atoms with E-state index in [1.807, 2.05) is 0 Å². The lowest BCUT2D eigenvalue weighted by Gasteiger charge is -2.07. The number of aliphatic hydroxyl groups excluding tert-OH is 1. The van der Waals surface area contributed by atoms with Crippen LogP contribution in [0.4, 0.5) is 5.69 Å². The topological polar surface area (TPSA) is 111 Å². The van der Waals surface area contributed by atoms with E-state index in [0.717, 1.165) is 0 Å². The number of nitrogen functional groups attached to an aromatic ring is 1. The minimum absolute atomic E-state index is 0.0232. The highest BCUT2D eigenvalue weighted by Gasteiger charge is 2.07. The van der Waals surface area contributed by atoms with Crippen molar-refractivity contribution < 1.29 is 14.6 Å². The van der Waals surface area contributed by atoms with Gasteiger partial charge >= 0.3 is 0 Å². The lowest BCUT2D eigenvalue weighted by Crippen LogP contribution is -2.14. The minimum atomic E-state index is -0.637. The molecular weight excluding hydrogens is 198 g/mol. The normalized spacial score (nSPS) is 9.93. The van der Waals surface area contributed by atoms with Crippen molar-refractivity contribution in [1.29, 1.82) is 0 Å². The van der Waals surface area contributed by atoms with Gasteiger partial charge in [-0.1, -0.05) is 0 Å². The molecule has 1 heterocycles. The van der Waals surface area contributed by atoms with E-state index in [9.17, 15) is 4.79 Å². The predicted octanol–water partition coefficient (Wildman–Crippen LogP) is -0.476. The number of amides is 1. The molecule has 5 N–H and O–H groups in total. The molecule has 1 amide bonds. The second-order valence-electron chi connectivity index (χ2n) is 2.88. The first-order chi connectivity index (χ1) is 7.15. The molecule has 0 aliphatic heterocycles. The second-order valence-corrected chi connectivity index (χ2v) is 2.88. The fraction of sp³-hybridized carbons (Fsp3) is 0.333. The molecule has 0 atom stereocenters. The van der Waals surface area contributed by atoms with Gasteiger partial charge in [-0.25, -0.2) is 4.98 Å². The number of hydrogen-bond acceptors (Lipinski definition) is 5. The van der Waals surface area contributed by atoms with Crippen molar-refractivity contribution in [3.05, 3.63) is 17.8 Å². The highest BCUT2D eigenvalue weighted by molar-refractivity contribution is 5.91. The summed E-state index contributed by atoms with van der Waals surface area (Å²) in [6.45, 7) is 0.311. The molecule has 1 aromatic rings. The Bertz CT molecular complexity index is 354. The number of anilines is 1. The van der Waals surface area contributed by atoms with Crippen molar-refractivity contribution in [3.8, 4) is 5.88 Å². The average molecular weight is 211 g/mol. The third-order valence-electron chi connectivity index (χ3n) is 1.68. The van der Waals surface area contributed by atoms with Gasteiger partial charge in [0.25, 0.3) is 5.91 Å². The standard InChI is InChI=1S/C9H13N3O3/c10-6-2-3-7(8(11)14)12-9(6)15-5-1-4-13/h2-3,13H,1,4-5,10H2,(H2,11,14). The van der Waals surface area contributed by atoms with Gasteiger partial charge in [0.2, 0.25) is 5.88 Å². The van der Waals surface area contributed by atoms with Gasteiger partial charge in [0.05, 0.1) is 12.3 Å². The summed E-state index contributed by atoms with van der Waals surface area (Å²) in [7, 11) is 0. The highest BCUT2D eigenvalue weighted by Crippen LogP contribution is 2.18. The minimum Gasteiger partial charge on any atom is -0.476 e. The summed E-state index contributed by atoms with van der Waals surface area (Å²) >= 11 is 0. The van der Waals surface area contributed by atoms with Gasteiger partial charge < -0.3 is 21.3 Å². The van der Waals surface area contributed by atoms with E-state index in [4.69, 9.17) is 21.3 Å². The number of nitrogens with zero attached hydrogens (tertiary/aromatic N) is 1. The van der Waals surface area contributed by atoms with Gasteiger partial charge in [-0.15, -0.1) is 0 Å². The second kappa shape index (κ2) is 5.16. The van der Waals surface area contributed by atoms with Gasteiger partial charge in [-0.3, -0.25) is 4.79 Å². The number of aliphatic hydroxyl groups is 1. The zero-order valence-corrected chi connectivity index (χ0v) is 8.14. The molecule has 0 saturated heterocycles. The molecule has 15 heavy (non-hydrogen) atoms. The number of rotatable bonds is 5. The monoisotopic (exact) mass is 211 g/mol. The van der Waals surface area contributed by atoms with Crippen molar-refractivity contribution in [1.82, 2.24) is 4.98 Å². The smallest absolute Gasteiger partial charge is 0.267 e. The van der Waals surface area contributed by atoms with E-state index in [0.29, 0.717) is 12.1 Å². The number of ether oxygens (including phenoxy) is 1. The van der Waals surface area contributed by atoms with Crippen LogP contribution >= 0.6 is 0 Å². The number of primary amides is 1. The molecule has 6 nitrogen and oxygen atoms in total. The zero-order chi connectivity index (χ0) is 11.3. The van der Waals surface area contributed by atoms with Crippen LogP contribution in [0.3, 0.4) is 0 Å². The van der Waals surface area contributed by atoms with Crippen LogP contribution in [0.1, 0.15) is 16.9 Å². The fourth-order valence-corrected chi connectivity index (χ4v) is 0.937. The molecule has 0 radical (unpaired) electrons. The first kappa shape index (κ1) is 11.3. The molecule has 0 aliphatic rings. The Kier molecular flexibility index (Phi) is 3.87. The molecule has 0 unspecified atom stereocenters. The maximum Gasteiger partial charge on any atom is 0.267 e. The van der Waals surface area contributed by atoms with Crippen molar-refractivity contribution >= 4 is 11.6 Å². The molecule has 0 bridgehead atoms. The Hall–Kier alpha value is -1.82. The summed E-state index contributed by atoms with van der Waals surface area (Å²) < 4.78 is 5.16. The van der Waals surface area contributed by atoms with Gasteiger partial charge in [0.15, 0.2) is 0 Å². The van der Waals surface area contributed by atoms with E-state index < -0.39 is 5.91 Å². The van der Waals surface area contributed by atoms with Gasteiger partial charge in [0.1, 0.15) is 5.69 Å². The van der Waals surface area contributed by atoms with E-state index >= 15 is 0 Å². The van der Waals surface area contributed by atoms with Crippen LogP contribution in [0.2, 0.25) is 0 Å². The molecule has 0 aliphatic carbocycles. The molecule has 0 saturated carbocycles. The Morgan fingerprint density at radius 1 is 1.53 bits per heavy atom. The van der Waals surface area contributed by atoms with E-state index in [-0.39, 0.29) is 24.8 Å². The molecule has 82 valence electrons. The number of carbonyl (C=O) groups is 1. The molecule has 0 spiro atoms.